The average molecular weight is 408 g/mol. The molecule has 3 rings (SSSR count). The maximum absolute atomic E-state index is 12.1. The number of esters is 2. The lowest BCUT2D eigenvalue weighted by atomic mass is 10.2. The van der Waals surface area contributed by atoms with Gasteiger partial charge in [0.05, 0.1) is 18.8 Å². The van der Waals surface area contributed by atoms with E-state index in [1.807, 2.05) is 19.3 Å². The summed E-state index contributed by atoms with van der Waals surface area (Å²) < 4.78 is 18.1. The first-order chi connectivity index (χ1) is 14.1. The van der Waals surface area contributed by atoms with Crippen molar-refractivity contribution in [3.8, 4) is 11.5 Å². The molecule has 2 aromatic carbocycles. The molecule has 30 heavy (non-hydrogen) atoms. The lowest BCUT2D eigenvalue weighted by Gasteiger charge is -2.09. The fraction of sp³-hybridized carbons (Fsp3) is 0.208. The summed E-state index contributed by atoms with van der Waals surface area (Å²) >= 11 is 0. The number of aromatic nitrogens is 1. The summed E-state index contributed by atoms with van der Waals surface area (Å²) in [6, 6.07) is 19.1. The number of ether oxygens (including phenoxy) is 3. The van der Waals surface area contributed by atoms with Gasteiger partial charge in [-0.05, 0) is 30.3 Å². The van der Waals surface area contributed by atoms with Crippen LogP contribution in [-0.2, 0) is 11.8 Å². The largest absolute Gasteiger partial charge is 0.493 e. The van der Waals surface area contributed by atoms with Gasteiger partial charge in [-0.2, -0.15) is 0 Å². The Morgan fingerprint density at radius 2 is 1.57 bits per heavy atom. The van der Waals surface area contributed by atoms with Crippen LogP contribution < -0.4 is 14.0 Å². The average Bonchev–Trinajstić information content (AvgIpc) is 2.74. The topological polar surface area (TPSA) is 65.7 Å². The Bertz CT molecular complexity index is 972. The normalized spacial score (nSPS) is 9.90. The third-order valence-corrected chi connectivity index (χ3v) is 3.99. The fourth-order valence-corrected chi connectivity index (χ4v) is 2.57. The van der Waals surface area contributed by atoms with E-state index in [0.717, 1.165) is 0 Å². The molecule has 0 fully saturated rings. The van der Waals surface area contributed by atoms with Gasteiger partial charge in [-0.15, -0.1) is 0 Å². The number of aryl methyl sites for hydroxylation is 1. The summed E-state index contributed by atoms with van der Waals surface area (Å²) in [5, 5.41) is 0. The van der Waals surface area contributed by atoms with Crippen molar-refractivity contribution in [1.82, 2.24) is 0 Å². The smallest absolute Gasteiger partial charge is 0.344 e. The van der Waals surface area contributed by atoms with E-state index in [-0.39, 0.29) is 20.0 Å². The van der Waals surface area contributed by atoms with Crippen molar-refractivity contribution in [3.63, 3.8) is 0 Å². The fourth-order valence-electron chi connectivity index (χ4n) is 2.57. The molecule has 0 N–H and O–H groups in total. The highest BCUT2D eigenvalue weighted by Crippen LogP contribution is 2.20. The van der Waals surface area contributed by atoms with Crippen LogP contribution >= 0.6 is 0 Å². The van der Waals surface area contributed by atoms with Gasteiger partial charge in [0, 0.05) is 18.6 Å². The first-order valence-electron chi connectivity index (χ1n) is 9.24. The molecule has 1 heterocycles. The zero-order chi connectivity index (χ0) is 20.5. The third-order valence-electron chi connectivity index (χ3n) is 3.99. The zero-order valence-corrected chi connectivity index (χ0v) is 16.1. The Morgan fingerprint density at radius 1 is 0.833 bits per heavy atom. The Kier molecular flexibility index (Phi) is 8.56. The third kappa shape index (κ3) is 6.74. The monoisotopic (exact) mass is 408 g/mol. The molecular weight excluding hydrogens is 382 g/mol. The number of nitrogens with zero attached hydrogens (tertiary/aromatic N) is 1. The molecule has 0 aliphatic heterocycles. The number of pyridine rings is 1. The van der Waals surface area contributed by atoms with Gasteiger partial charge in [-0.3, -0.25) is 0 Å². The van der Waals surface area contributed by atoms with Gasteiger partial charge < -0.3 is 14.2 Å². The van der Waals surface area contributed by atoms with E-state index in [4.69, 9.17) is 14.2 Å². The van der Waals surface area contributed by atoms with Gasteiger partial charge in [0.2, 0.25) is 0 Å². The molecule has 6 nitrogen and oxygen atoms in total. The summed E-state index contributed by atoms with van der Waals surface area (Å²) in [7, 11) is 1.84. The standard InChI is InChI=1S/C23H22NO5.CH4/c1-24-13-6-10-19(17-24)22(25)28-15-7-14-27-20-11-5-12-21(16-20)29-23(26)18-8-3-2-4-9-18;/h2-6,8-13,16-17H,7,14-15H2,1H3;1H4/q+1;. The molecule has 0 aliphatic rings. The van der Waals surface area contributed by atoms with Crippen molar-refractivity contribution in [2.45, 2.75) is 13.8 Å². The highest BCUT2D eigenvalue weighted by Gasteiger charge is 2.11. The van der Waals surface area contributed by atoms with Gasteiger partial charge in [0.25, 0.3) is 0 Å². The summed E-state index contributed by atoms with van der Waals surface area (Å²) in [6.07, 6.45) is 4.09. The second kappa shape index (κ2) is 11.4. The molecule has 0 aliphatic carbocycles. The predicted molar refractivity (Wildman–Crippen MR) is 113 cm³/mol. The number of benzene rings is 2. The van der Waals surface area contributed by atoms with Crippen LogP contribution in [0.25, 0.3) is 0 Å². The minimum Gasteiger partial charge on any atom is -0.493 e. The Hall–Kier alpha value is -3.67. The maximum Gasteiger partial charge on any atom is 0.344 e. The van der Waals surface area contributed by atoms with Gasteiger partial charge in [-0.1, -0.05) is 31.7 Å². The molecule has 156 valence electrons. The summed E-state index contributed by atoms with van der Waals surface area (Å²) in [5.74, 6) is 0.185. The van der Waals surface area contributed by atoms with Crippen molar-refractivity contribution < 1.29 is 28.4 Å². The number of hydrogen-bond donors (Lipinski definition) is 0. The van der Waals surface area contributed by atoms with Crippen LogP contribution in [0.4, 0.5) is 0 Å². The van der Waals surface area contributed by atoms with Gasteiger partial charge in [0.1, 0.15) is 24.1 Å². The molecule has 3 aromatic rings. The molecule has 0 atom stereocenters. The zero-order valence-electron chi connectivity index (χ0n) is 16.1. The molecule has 0 saturated carbocycles. The van der Waals surface area contributed by atoms with Crippen LogP contribution in [0.1, 0.15) is 34.6 Å². The maximum atomic E-state index is 12.1. The van der Waals surface area contributed by atoms with Crippen molar-refractivity contribution in [2.24, 2.45) is 7.05 Å². The number of carbonyl (C=O) groups is 2. The molecular formula is C24H26NO5+. The highest BCUT2D eigenvalue weighted by molar-refractivity contribution is 5.91. The van der Waals surface area contributed by atoms with E-state index >= 15 is 0 Å². The van der Waals surface area contributed by atoms with Crippen molar-refractivity contribution in [2.75, 3.05) is 13.2 Å². The van der Waals surface area contributed by atoms with Gasteiger partial charge in [0.15, 0.2) is 12.4 Å². The van der Waals surface area contributed by atoms with E-state index in [1.165, 1.54) is 0 Å². The van der Waals surface area contributed by atoms with Crippen LogP contribution in [0.2, 0.25) is 0 Å². The molecule has 1 aromatic heterocycles. The van der Waals surface area contributed by atoms with Crippen molar-refractivity contribution >= 4 is 11.9 Å². The molecule has 6 heteroatoms. The second-order valence-corrected chi connectivity index (χ2v) is 6.33. The SMILES string of the molecule is C.C[n+]1cccc(C(=O)OCCCOc2cccc(OC(=O)c3ccccc3)c2)c1. The molecule has 0 bridgehead atoms. The quantitative estimate of drug-likeness (QED) is 0.244. The van der Waals surface area contributed by atoms with Crippen LogP contribution in [0.15, 0.2) is 79.1 Å². The second-order valence-electron chi connectivity index (χ2n) is 6.33. The Balaban J connectivity index is 0.00000320. The Morgan fingerprint density at radius 3 is 2.33 bits per heavy atom. The number of rotatable bonds is 8. The first-order valence-corrected chi connectivity index (χ1v) is 9.24. The van der Waals surface area contributed by atoms with E-state index in [1.54, 1.807) is 71.4 Å². The van der Waals surface area contributed by atoms with E-state index in [2.05, 4.69) is 0 Å². The van der Waals surface area contributed by atoms with E-state index < -0.39 is 5.97 Å². The van der Waals surface area contributed by atoms with Crippen LogP contribution in [0.5, 0.6) is 11.5 Å². The number of hydrogen-bond acceptors (Lipinski definition) is 5. The molecule has 0 radical (unpaired) electrons. The van der Waals surface area contributed by atoms with Crippen molar-refractivity contribution in [1.29, 1.82) is 0 Å². The van der Waals surface area contributed by atoms with Crippen LogP contribution in [0.3, 0.4) is 0 Å². The summed E-state index contributed by atoms with van der Waals surface area (Å²) in [5.41, 5.74) is 0.983. The molecule has 0 spiro atoms. The minimum atomic E-state index is -0.427. The Labute approximate surface area is 176 Å². The molecule has 0 saturated heterocycles. The summed E-state index contributed by atoms with van der Waals surface area (Å²) in [6.45, 7) is 0.617. The molecule has 0 amide bonds. The lowest BCUT2D eigenvalue weighted by Crippen LogP contribution is -2.28. The van der Waals surface area contributed by atoms with Gasteiger partial charge >= 0.3 is 11.9 Å². The highest BCUT2D eigenvalue weighted by atomic mass is 16.5. The van der Waals surface area contributed by atoms with E-state index in [0.29, 0.717) is 35.7 Å². The lowest BCUT2D eigenvalue weighted by molar-refractivity contribution is -0.671. The van der Waals surface area contributed by atoms with Crippen LogP contribution in [-0.4, -0.2) is 25.2 Å². The van der Waals surface area contributed by atoms with E-state index in [9.17, 15) is 9.59 Å². The summed E-state index contributed by atoms with van der Waals surface area (Å²) in [4.78, 5) is 24.1. The minimum absolute atomic E-state index is 0. The van der Waals surface area contributed by atoms with Crippen LogP contribution in [0, 0.1) is 0 Å². The van der Waals surface area contributed by atoms with Crippen molar-refractivity contribution in [3.05, 3.63) is 90.3 Å². The first kappa shape index (κ1) is 22.6. The molecule has 0 unspecified atom stereocenters. The van der Waals surface area contributed by atoms with Gasteiger partial charge in [-0.25, -0.2) is 14.2 Å². The predicted octanol–water partition coefficient (Wildman–Crippen LogP) is 3.99. The number of carbonyl (C=O) groups excluding carboxylic acids is 2.